The summed E-state index contributed by atoms with van der Waals surface area (Å²) in [4.78, 5) is 14.4. The summed E-state index contributed by atoms with van der Waals surface area (Å²) in [5.41, 5.74) is 1.08. The minimum atomic E-state index is 0.134. The van der Waals surface area contributed by atoms with E-state index >= 15 is 0 Å². The zero-order valence-electron chi connectivity index (χ0n) is 11.9. The van der Waals surface area contributed by atoms with Gasteiger partial charge in [-0.1, -0.05) is 29.3 Å². The molecule has 1 aliphatic carbocycles. The highest BCUT2D eigenvalue weighted by molar-refractivity contribution is 6.42. The lowest BCUT2D eigenvalue weighted by Gasteiger charge is -2.25. The van der Waals surface area contributed by atoms with Crippen molar-refractivity contribution < 1.29 is 4.79 Å². The quantitative estimate of drug-likeness (QED) is 0.895. The fourth-order valence-electron chi connectivity index (χ4n) is 2.94. The summed E-state index contributed by atoms with van der Waals surface area (Å²) in [6.07, 6.45) is 4.64. The van der Waals surface area contributed by atoms with E-state index in [0.717, 1.165) is 37.4 Å². The van der Waals surface area contributed by atoms with Crippen molar-refractivity contribution >= 4 is 29.1 Å². The van der Waals surface area contributed by atoms with Crippen molar-refractivity contribution in [2.24, 2.45) is 5.92 Å². The number of amides is 1. The summed E-state index contributed by atoms with van der Waals surface area (Å²) in [5, 5.41) is 4.39. The first kappa shape index (κ1) is 15.1. The first-order valence-corrected chi connectivity index (χ1v) is 8.36. The summed E-state index contributed by atoms with van der Waals surface area (Å²) >= 11 is 12.1. The Balaban J connectivity index is 1.63. The predicted octanol–water partition coefficient (Wildman–Crippen LogP) is 3.66. The molecule has 1 unspecified atom stereocenters. The Labute approximate surface area is 135 Å². The number of hydrogen-bond donors (Lipinski definition) is 1. The van der Waals surface area contributed by atoms with Gasteiger partial charge in [0.2, 0.25) is 5.91 Å². The van der Waals surface area contributed by atoms with Crippen molar-refractivity contribution in [3.8, 4) is 0 Å². The lowest BCUT2D eigenvalue weighted by molar-refractivity contribution is -0.131. The van der Waals surface area contributed by atoms with E-state index in [4.69, 9.17) is 23.2 Å². The molecule has 1 aromatic rings. The molecule has 114 valence electrons. The molecule has 2 fully saturated rings. The lowest BCUT2D eigenvalue weighted by Crippen LogP contribution is -2.38. The number of rotatable bonds is 5. The molecule has 1 aromatic carbocycles. The number of likely N-dealkylation sites (tertiary alicyclic amines) is 1. The summed E-state index contributed by atoms with van der Waals surface area (Å²) in [5.74, 6) is 0.978. The van der Waals surface area contributed by atoms with Gasteiger partial charge < -0.3 is 10.2 Å². The third-order valence-electron chi connectivity index (χ3n) is 4.31. The predicted molar refractivity (Wildman–Crippen MR) is 85.7 cm³/mol. The SMILES string of the molecule is O=C(CNCC1CC1)N1CCCC1c1ccc(Cl)c(Cl)c1. The van der Waals surface area contributed by atoms with Gasteiger partial charge in [0.05, 0.1) is 22.6 Å². The Kier molecular flexibility index (Phi) is 4.72. The lowest BCUT2D eigenvalue weighted by atomic mass is 10.0. The van der Waals surface area contributed by atoms with Gasteiger partial charge in [0.1, 0.15) is 0 Å². The minimum Gasteiger partial charge on any atom is -0.335 e. The Morgan fingerprint density at radius 1 is 1.24 bits per heavy atom. The molecular weight excluding hydrogens is 307 g/mol. The van der Waals surface area contributed by atoms with Gasteiger partial charge in [-0.2, -0.15) is 0 Å². The van der Waals surface area contributed by atoms with Gasteiger partial charge in [-0.05, 0) is 55.8 Å². The highest BCUT2D eigenvalue weighted by atomic mass is 35.5. The van der Waals surface area contributed by atoms with E-state index in [1.165, 1.54) is 12.8 Å². The molecule has 1 N–H and O–H groups in total. The second kappa shape index (κ2) is 6.55. The number of nitrogens with one attached hydrogen (secondary N) is 1. The summed E-state index contributed by atoms with van der Waals surface area (Å²) in [6.45, 7) is 2.24. The third kappa shape index (κ3) is 3.71. The summed E-state index contributed by atoms with van der Waals surface area (Å²) < 4.78 is 0. The second-order valence-electron chi connectivity index (χ2n) is 5.99. The molecule has 1 amide bonds. The van der Waals surface area contributed by atoms with Gasteiger partial charge >= 0.3 is 0 Å². The Morgan fingerprint density at radius 2 is 2.05 bits per heavy atom. The Morgan fingerprint density at radius 3 is 2.76 bits per heavy atom. The smallest absolute Gasteiger partial charge is 0.237 e. The maximum absolute atomic E-state index is 12.4. The molecule has 1 heterocycles. The van der Waals surface area contributed by atoms with Crippen LogP contribution in [0.3, 0.4) is 0 Å². The van der Waals surface area contributed by atoms with Crippen LogP contribution in [0.2, 0.25) is 10.0 Å². The van der Waals surface area contributed by atoms with E-state index in [1.807, 2.05) is 23.1 Å². The summed E-state index contributed by atoms with van der Waals surface area (Å²) in [6, 6.07) is 5.81. The number of benzene rings is 1. The molecular formula is C16H20Cl2N2O. The molecule has 5 heteroatoms. The van der Waals surface area contributed by atoms with E-state index in [2.05, 4.69) is 5.32 Å². The normalized spacial score (nSPS) is 21.8. The number of hydrogen-bond acceptors (Lipinski definition) is 2. The number of halogens is 2. The molecule has 0 radical (unpaired) electrons. The Hall–Kier alpha value is -0.770. The van der Waals surface area contributed by atoms with Crippen molar-refractivity contribution in [1.82, 2.24) is 10.2 Å². The number of nitrogens with zero attached hydrogens (tertiary/aromatic N) is 1. The molecule has 3 rings (SSSR count). The van der Waals surface area contributed by atoms with Crippen LogP contribution in [0.5, 0.6) is 0 Å². The monoisotopic (exact) mass is 326 g/mol. The van der Waals surface area contributed by atoms with Gasteiger partial charge in [-0.3, -0.25) is 4.79 Å². The van der Waals surface area contributed by atoms with Crippen LogP contribution in [-0.2, 0) is 4.79 Å². The van der Waals surface area contributed by atoms with Crippen LogP contribution in [0, 0.1) is 5.92 Å². The topological polar surface area (TPSA) is 32.3 Å². The molecule has 1 saturated carbocycles. The molecule has 1 atom stereocenters. The van der Waals surface area contributed by atoms with Crippen molar-refractivity contribution in [3.63, 3.8) is 0 Å². The van der Waals surface area contributed by atoms with Crippen LogP contribution in [-0.4, -0.2) is 30.4 Å². The van der Waals surface area contributed by atoms with Gasteiger partial charge in [0.25, 0.3) is 0 Å². The molecule has 2 aliphatic rings. The molecule has 1 aliphatic heterocycles. The van der Waals surface area contributed by atoms with Crippen LogP contribution in [0.1, 0.15) is 37.3 Å². The molecule has 0 aromatic heterocycles. The summed E-state index contributed by atoms with van der Waals surface area (Å²) in [7, 11) is 0. The fraction of sp³-hybridized carbons (Fsp3) is 0.562. The molecule has 3 nitrogen and oxygen atoms in total. The second-order valence-corrected chi connectivity index (χ2v) is 6.81. The molecule has 1 saturated heterocycles. The minimum absolute atomic E-state index is 0.134. The van der Waals surface area contributed by atoms with Gasteiger partial charge in [0, 0.05) is 6.54 Å². The van der Waals surface area contributed by atoms with E-state index < -0.39 is 0 Å². The first-order chi connectivity index (χ1) is 10.1. The van der Waals surface area contributed by atoms with Crippen LogP contribution < -0.4 is 5.32 Å². The van der Waals surface area contributed by atoms with Crippen molar-refractivity contribution in [3.05, 3.63) is 33.8 Å². The standard InChI is InChI=1S/C16H20Cl2N2O/c17-13-6-5-12(8-14(13)18)15-2-1-7-20(15)16(21)10-19-9-11-3-4-11/h5-6,8,11,15,19H,1-4,7,9-10H2. The largest absolute Gasteiger partial charge is 0.335 e. The maximum Gasteiger partial charge on any atom is 0.237 e. The van der Waals surface area contributed by atoms with Crippen LogP contribution >= 0.6 is 23.2 Å². The third-order valence-corrected chi connectivity index (χ3v) is 5.05. The van der Waals surface area contributed by atoms with E-state index in [1.54, 1.807) is 0 Å². The highest BCUT2D eigenvalue weighted by Gasteiger charge is 2.30. The van der Waals surface area contributed by atoms with E-state index in [0.29, 0.717) is 16.6 Å². The fourth-order valence-corrected chi connectivity index (χ4v) is 3.24. The average Bonchev–Trinajstić information content (AvgIpc) is 3.15. The molecule has 21 heavy (non-hydrogen) atoms. The van der Waals surface area contributed by atoms with Crippen molar-refractivity contribution in [1.29, 1.82) is 0 Å². The first-order valence-electron chi connectivity index (χ1n) is 7.60. The van der Waals surface area contributed by atoms with Crippen molar-refractivity contribution in [2.45, 2.75) is 31.7 Å². The number of carbonyl (C=O) groups excluding carboxylic acids is 1. The average molecular weight is 327 g/mol. The van der Waals surface area contributed by atoms with Crippen LogP contribution in [0.25, 0.3) is 0 Å². The van der Waals surface area contributed by atoms with Gasteiger partial charge in [-0.15, -0.1) is 0 Å². The molecule has 0 spiro atoms. The molecule has 0 bridgehead atoms. The van der Waals surface area contributed by atoms with Gasteiger partial charge in [-0.25, -0.2) is 0 Å². The Bertz CT molecular complexity index is 531. The van der Waals surface area contributed by atoms with Gasteiger partial charge in [0.15, 0.2) is 0 Å². The number of carbonyl (C=O) groups is 1. The van der Waals surface area contributed by atoms with E-state index in [9.17, 15) is 4.79 Å². The highest BCUT2D eigenvalue weighted by Crippen LogP contribution is 2.35. The van der Waals surface area contributed by atoms with Crippen LogP contribution in [0.4, 0.5) is 0 Å². The zero-order chi connectivity index (χ0) is 14.8. The van der Waals surface area contributed by atoms with Crippen molar-refractivity contribution in [2.75, 3.05) is 19.6 Å². The van der Waals surface area contributed by atoms with E-state index in [-0.39, 0.29) is 11.9 Å². The maximum atomic E-state index is 12.4. The van der Waals surface area contributed by atoms with Crippen LogP contribution in [0.15, 0.2) is 18.2 Å². The zero-order valence-corrected chi connectivity index (χ0v) is 13.5.